The lowest BCUT2D eigenvalue weighted by atomic mass is 11.0. The van der Waals surface area contributed by atoms with Crippen molar-refractivity contribution in [2.24, 2.45) is 5.14 Å². The van der Waals surface area contributed by atoms with Crippen LogP contribution in [0.1, 0.15) is 6.92 Å². The molecular formula is C6H19N3S. The van der Waals surface area contributed by atoms with Crippen molar-refractivity contribution < 1.29 is 0 Å². The molecule has 0 aliphatic carbocycles. The molecular weight excluding hydrogens is 146 g/mol. The predicted molar refractivity (Wildman–Crippen MR) is 49.7 cm³/mol. The lowest BCUT2D eigenvalue weighted by molar-refractivity contribution is 0.577. The highest BCUT2D eigenvalue weighted by Crippen LogP contribution is 2.42. The molecule has 0 spiro atoms. The summed E-state index contributed by atoms with van der Waals surface area (Å²) in [6.07, 6.45) is 0. The van der Waals surface area contributed by atoms with Gasteiger partial charge in [0, 0.05) is 5.75 Å². The van der Waals surface area contributed by atoms with Gasteiger partial charge in [-0.1, -0.05) is 17.5 Å². The molecule has 10 heavy (non-hydrogen) atoms. The molecule has 0 bridgehead atoms. The van der Waals surface area contributed by atoms with Crippen LogP contribution in [0.5, 0.6) is 0 Å². The molecule has 0 aromatic heterocycles. The van der Waals surface area contributed by atoms with E-state index < -0.39 is 10.6 Å². The van der Waals surface area contributed by atoms with E-state index in [2.05, 4.69) is 15.5 Å². The molecule has 0 saturated carbocycles. The van der Waals surface area contributed by atoms with Crippen LogP contribution in [0.2, 0.25) is 0 Å². The van der Waals surface area contributed by atoms with E-state index in [1.165, 1.54) is 0 Å². The van der Waals surface area contributed by atoms with Crippen LogP contribution in [0.4, 0.5) is 0 Å². The van der Waals surface area contributed by atoms with Gasteiger partial charge in [0.15, 0.2) is 0 Å². The van der Waals surface area contributed by atoms with Crippen molar-refractivity contribution in [3.63, 3.8) is 0 Å². The van der Waals surface area contributed by atoms with Crippen LogP contribution in [-0.4, -0.2) is 42.6 Å². The molecule has 0 aliphatic heterocycles. The Kier molecular flexibility index (Phi) is 3.65. The Bertz CT molecular complexity index is 95.2. The second-order valence-electron chi connectivity index (χ2n) is 2.63. The van der Waals surface area contributed by atoms with Gasteiger partial charge in [-0.2, -0.15) is 0 Å². The smallest absolute Gasteiger partial charge is 0.0116 e. The van der Waals surface area contributed by atoms with Gasteiger partial charge in [0.2, 0.25) is 0 Å². The van der Waals surface area contributed by atoms with E-state index in [9.17, 15) is 0 Å². The van der Waals surface area contributed by atoms with Crippen LogP contribution < -0.4 is 5.14 Å². The van der Waals surface area contributed by atoms with Crippen molar-refractivity contribution in [2.45, 2.75) is 6.92 Å². The molecule has 0 aromatic carbocycles. The topological polar surface area (TPSA) is 32.5 Å². The van der Waals surface area contributed by atoms with Gasteiger partial charge < -0.3 is 0 Å². The zero-order valence-corrected chi connectivity index (χ0v) is 8.40. The fourth-order valence-corrected chi connectivity index (χ4v) is 2.53. The average molecular weight is 165 g/mol. The molecule has 3 nitrogen and oxygen atoms in total. The van der Waals surface area contributed by atoms with Crippen molar-refractivity contribution in [3.05, 3.63) is 0 Å². The van der Waals surface area contributed by atoms with Gasteiger partial charge >= 0.3 is 0 Å². The molecule has 0 radical (unpaired) electrons. The van der Waals surface area contributed by atoms with Crippen molar-refractivity contribution in [2.75, 3.05) is 33.9 Å². The summed E-state index contributed by atoms with van der Waals surface area (Å²) in [7, 11) is 6.96. The highest BCUT2D eigenvalue weighted by molar-refractivity contribution is 8.27. The van der Waals surface area contributed by atoms with Gasteiger partial charge in [0.05, 0.1) is 0 Å². The Labute approximate surface area is 65.9 Å². The molecule has 2 N–H and O–H groups in total. The first-order chi connectivity index (χ1) is 4.45. The van der Waals surface area contributed by atoms with Crippen molar-refractivity contribution in [1.29, 1.82) is 0 Å². The highest BCUT2D eigenvalue weighted by atomic mass is 32.3. The minimum Gasteiger partial charge on any atom is -0.272 e. The zero-order chi connectivity index (χ0) is 8.36. The summed E-state index contributed by atoms with van der Waals surface area (Å²) in [4.78, 5) is 0. The lowest BCUT2D eigenvalue weighted by Crippen LogP contribution is -2.38. The molecule has 0 fully saturated rings. The molecule has 0 atom stereocenters. The molecule has 0 aliphatic rings. The Hall–Kier alpha value is 0.230. The first-order valence-electron chi connectivity index (χ1n) is 3.39. The normalized spacial score (nSPS) is 14.8. The molecule has 0 rings (SSSR count). The van der Waals surface area contributed by atoms with Gasteiger partial charge in [0.25, 0.3) is 0 Å². The van der Waals surface area contributed by atoms with Gasteiger partial charge in [-0.05, 0) is 28.2 Å². The van der Waals surface area contributed by atoms with Crippen LogP contribution in [0.25, 0.3) is 0 Å². The van der Waals surface area contributed by atoms with E-state index in [1.54, 1.807) is 0 Å². The summed E-state index contributed by atoms with van der Waals surface area (Å²) in [5.74, 6) is 1.01. The number of hydrogen-bond donors (Lipinski definition) is 1. The van der Waals surface area contributed by atoms with Gasteiger partial charge in [-0.25, -0.2) is 0 Å². The third kappa shape index (κ3) is 1.85. The van der Waals surface area contributed by atoms with Crippen LogP contribution in [0.15, 0.2) is 0 Å². The quantitative estimate of drug-likeness (QED) is 0.666. The predicted octanol–water partition coefficient (Wildman–Crippen LogP) is 0.638. The molecule has 0 heterocycles. The fourth-order valence-electron chi connectivity index (χ4n) is 0.843. The largest absolute Gasteiger partial charge is 0.272 e. The molecule has 0 amide bonds. The zero-order valence-electron chi connectivity index (χ0n) is 7.59. The molecule has 0 saturated heterocycles. The summed E-state index contributed by atoms with van der Waals surface area (Å²) < 4.78 is 4.21. The summed E-state index contributed by atoms with van der Waals surface area (Å²) in [6.45, 7) is 2.12. The minimum atomic E-state index is -1.14. The SMILES string of the molecule is CCS(N)(N(C)C)N(C)C. The van der Waals surface area contributed by atoms with E-state index in [0.29, 0.717) is 0 Å². The summed E-state index contributed by atoms with van der Waals surface area (Å²) in [5, 5.41) is 6.12. The lowest BCUT2D eigenvalue weighted by Gasteiger charge is -2.46. The van der Waals surface area contributed by atoms with Crippen LogP contribution >= 0.6 is 10.6 Å². The van der Waals surface area contributed by atoms with Crippen molar-refractivity contribution in [3.8, 4) is 0 Å². The van der Waals surface area contributed by atoms with E-state index in [-0.39, 0.29) is 0 Å². The molecule has 0 unspecified atom stereocenters. The fraction of sp³-hybridized carbons (Fsp3) is 1.00. The highest BCUT2D eigenvalue weighted by Gasteiger charge is 2.20. The maximum Gasteiger partial charge on any atom is 0.0116 e. The van der Waals surface area contributed by atoms with Crippen LogP contribution in [0.3, 0.4) is 0 Å². The monoisotopic (exact) mass is 165 g/mol. The second kappa shape index (κ2) is 3.57. The van der Waals surface area contributed by atoms with E-state index in [0.717, 1.165) is 5.75 Å². The number of hydrogen-bond acceptors (Lipinski definition) is 3. The second-order valence-corrected chi connectivity index (χ2v) is 6.10. The molecule has 64 valence electrons. The molecule has 4 heteroatoms. The first kappa shape index (κ1) is 10.2. The number of rotatable bonds is 3. The third-order valence-electron chi connectivity index (χ3n) is 1.69. The Morgan fingerprint density at radius 3 is 1.40 bits per heavy atom. The van der Waals surface area contributed by atoms with Crippen LogP contribution in [-0.2, 0) is 0 Å². The standard InChI is InChI=1S/C6H19N3S/c1-6-10(7,8(2)3)9(4)5/h6-7H2,1-5H3. The third-order valence-corrected chi connectivity index (χ3v) is 5.07. The molecule has 0 aromatic rings. The van der Waals surface area contributed by atoms with E-state index in [1.807, 2.05) is 28.2 Å². The van der Waals surface area contributed by atoms with E-state index in [4.69, 9.17) is 5.14 Å². The summed E-state index contributed by atoms with van der Waals surface area (Å²) in [6, 6.07) is 0. The first-order valence-corrected chi connectivity index (χ1v) is 5.16. The minimum absolute atomic E-state index is 1.01. The maximum absolute atomic E-state index is 6.12. The number of nitrogens with two attached hydrogens (primary N) is 1. The van der Waals surface area contributed by atoms with E-state index >= 15 is 0 Å². The summed E-state index contributed by atoms with van der Waals surface area (Å²) >= 11 is 0. The van der Waals surface area contributed by atoms with Crippen LogP contribution in [0, 0.1) is 0 Å². The Balaban J connectivity index is 4.23. The summed E-state index contributed by atoms with van der Waals surface area (Å²) in [5.41, 5.74) is 0. The van der Waals surface area contributed by atoms with Gasteiger partial charge in [0.1, 0.15) is 0 Å². The Morgan fingerprint density at radius 2 is 1.40 bits per heavy atom. The number of nitrogens with zero attached hydrogens (tertiary/aromatic N) is 2. The Morgan fingerprint density at radius 1 is 1.10 bits per heavy atom. The van der Waals surface area contributed by atoms with Crippen molar-refractivity contribution in [1.82, 2.24) is 8.61 Å². The van der Waals surface area contributed by atoms with Crippen molar-refractivity contribution >= 4 is 10.6 Å². The average Bonchev–Trinajstić information content (AvgIpc) is 1.85. The van der Waals surface area contributed by atoms with Gasteiger partial charge in [-0.3, -0.25) is 13.7 Å². The van der Waals surface area contributed by atoms with Gasteiger partial charge in [-0.15, -0.1) is 0 Å². The maximum atomic E-state index is 6.12.